The normalized spacial score (nSPS) is 20.8. The molecule has 0 nitrogen and oxygen atoms in total. The lowest BCUT2D eigenvalue weighted by atomic mass is 9.80. The highest BCUT2D eigenvalue weighted by Crippen LogP contribution is 2.40. The van der Waals surface area contributed by atoms with E-state index in [1.54, 1.807) is 0 Å². The molecule has 0 aromatic heterocycles. The number of rotatable bonds is 5. The summed E-state index contributed by atoms with van der Waals surface area (Å²) in [5.74, 6) is 1.92. The van der Waals surface area contributed by atoms with Gasteiger partial charge in [0.1, 0.15) is 0 Å². The van der Waals surface area contributed by atoms with Crippen molar-refractivity contribution in [2.75, 3.05) is 0 Å². The highest BCUT2D eigenvalue weighted by atomic mass is 32.2. The second-order valence-corrected chi connectivity index (χ2v) is 6.86. The zero-order valence-corrected chi connectivity index (χ0v) is 10.4. The minimum absolute atomic E-state index is 0.810. The number of hydrogen-bond acceptors (Lipinski definition) is 1. The summed E-state index contributed by atoms with van der Waals surface area (Å²) >= 11 is 2.21. The van der Waals surface area contributed by atoms with Gasteiger partial charge in [-0.1, -0.05) is 34.1 Å². The maximum Gasteiger partial charge on any atom is 0.00803 e. The van der Waals surface area contributed by atoms with Crippen molar-refractivity contribution in [1.29, 1.82) is 0 Å². The molecule has 1 unspecified atom stereocenters. The van der Waals surface area contributed by atoms with Gasteiger partial charge < -0.3 is 0 Å². The molecule has 1 fully saturated rings. The molecule has 1 aliphatic carbocycles. The Labute approximate surface area is 87.9 Å². The van der Waals surface area contributed by atoms with Gasteiger partial charge in [-0.05, 0) is 36.3 Å². The number of thioether (sulfide) groups is 1. The van der Waals surface area contributed by atoms with Gasteiger partial charge >= 0.3 is 0 Å². The molecular weight excluding hydrogens is 176 g/mol. The Hall–Kier alpha value is 0.350. The Balaban J connectivity index is 2.33. The van der Waals surface area contributed by atoms with Crippen LogP contribution >= 0.6 is 11.8 Å². The van der Waals surface area contributed by atoms with E-state index in [0.29, 0.717) is 0 Å². The molecule has 0 saturated heterocycles. The van der Waals surface area contributed by atoms with Gasteiger partial charge in [0.25, 0.3) is 0 Å². The highest BCUT2D eigenvalue weighted by Gasteiger charge is 2.28. The van der Waals surface area contributed by atoms with Gasteiger partial charge in [0.05, 0.1) is 0 Å². The van der Waals surface area contributed by atoms with E-state index in [9.17, 15) is 0 Å². The summed E-state index contributed by atoms with van der Waals surface area (Å²) in [6.07, 6.45) is 5.90. The smallest absolute Gasteiger partial charge is 0.00803 e. The molecule has 1 rings (SSSR count). The summed E-state index contributed by atoms with van der Waals surface area (Å²) in [4.78, 5) is 0. The van der Waals surface area contributed by atoms with Gasteiger partial charge in [0.15, 0.2) is 0 Å². The molecule has 1 saturated carbocycles. The van der Waals surface area contributed by atoms with Crippen LogP contribution < -0.4 is 0 Å². The molecule has 1 heteroatoms. The van der Waals surface area contributed by atoms with Crippen LogP contribution in [0.4, 0.5) is 0 Å². The van der Waals surface area contributed by atoms with Crippen molar-refractivity contribution in [3.63, 3.8) is 0 Å². The molecule has 0 spiro atoms. The quantitative estimate of drug-likeness (QED) is 0.636. The third kappa shape index (κ3) is 3.93. The predicted octanol–water partition coefficient (Wildman–Crippen LogP) is 4.34. The fourth-order valence-electron chi connectivity index (χ4n) is 1.98. The van der Waals surface area contributed by atoms with Crippen LogP contribution in [-0.4, -0.2) is 10.5 Å². The summed E-state index contributed by atoms with van der Waals surface area (Å²) in [6, 6.07) is 0. The second kappa shape index (κ2) is 5.29. The van der Waals surface area contributed by atoms with Crippen LogP contribution in [0, 0.1) is 11.8 Å². The van der Waals surface area contributed by atoms with Crippen LogP contribution in [0.2, 0.25) is 0 Å². The van der Waals surface area contributed by atoms with Crippen LogP contribution in [0.5, 0.6) is 0 Å². The van der Waals surface area contributed by atoms with Gasteiger partial charge in [-0.25, -0.2) is 0 Å². The van der Waals surface area contributed by atoms with Crippen molar-refractivity contribution in [2.45, 2.75) is 63.9 Å². The molecule has 0 aliphatic heterocycles. The van der Waals surface area contributed by atoms with Crippen molar-refractivity contribution in [1.82, 2.24) is 0 Å². The van der Waals surface area contributed by atoms with E-state index in [-0.39, 0.29) is 0 Å². The Bertz CT molecular complexity index is 126. The molecular formula is C12H24S. The van der Waals surface area contributed by atoms with Crippen LogP contribution in [0.15, 0.2) is 0 Å². The average molecular weight is 200 g/mol. The maximum absolute atomic E-state index is 2.35. The predicted molar refractivity (Wildman–Crippen MR) is 63.3 cm³/mol. The summed E-state index contributed by atoms with van der Waals surface area (Å²) in [5.41, 5.74) is 0. The maximum atomic E-state index is 2.35. The topological polar surface area (TPSA) is 0 Å². The van der Waals surface area contributed by atoms with Crippen LogP contribution in [0.1, 0.15) is 53.4 Å². The largest absolute Gasteiger partial charge is 0.155 e. The Morgan fingerprint density at radius 1 is 1.15 bits per heavy atom. The average Bonchev–Trinajstić information content (AvgIpc) is 1.78. The van der Waals surface area contributed by atoms with Gasteiger partial charge in [0, 0.05) is 5.25 Å². The fourth-order valence-corrected chi connectivity index (χ4v) is 3.67. The fraction of sp³-hybridized carbons (Fsp3) is 1.00. The zero-order chi connectivity index (χ0) is 9.84. The third-order valence-electron chi connectivity index (χ3n) is 2.83. The van der Waals surface area contributed by atoms with Gasteiger partial charge in [-0.15, -0.1) is 0 Å². The molecule has 78 valence electrons. The lowest BCUT2D eigenvalue weighted by molar-refractivity contribution is 0.286. The van der Waals surface area contributed by atoms with E-state index < -0.39 is 0 Å². The lowest BCUT2D eigenvalue weighted by Gasteiger charge is -2.35. The zero-order valence-electron chi connectivity index (χ0n) is 9.55. The highest BCUT2D eigenvalue weighted by molar-refractivity contribution is 8.00. The van der Waals surface area contributed by atoms with E-state index in [2.05, 4.69) is 39.5 Å². The van der Waals surface area contributed by atoms with Crippen molar-refractivity contribution in [2.24, 2.45) is 11.8 Å². The monoisotopic (exact) mass is 200 g/mol. The third-order valence-corrected chi connectivity index (χ3v) is 4.30. The minimum atomic E-state index is 0.810. The molecule has 1 atom stereocenters. The van der Waals surface area contributed by atoms with E-state index in [1.165, 1.54) is 25.7 Å². The molecule has 0 amide bonds. The minimum Gasteiger partial charge on any atom is -0.155 e. The van der Waals surface area contributed by atoms with Gasteiger partial charge in [0.2, 0.25) is 0 Å². The van der Waals surface area contributed by atoms with Gasteiger partial charge in [-0.3, -0.25) is 0 Å². The van der Waals surface area contributed by atoms with Crippen molar-refractivity contribution in [3.05, 3.63) is 0 Å². The van der Waals surface area contributed by atoms with Crippen LogP contribution in [0.3, 0.4) is 0 Å². The molecule has 0 radical (unpaired) electrons. The first kappa shape index (κ1) is 11.4. The van der Waals surface area contributed by atoms with E-state index in [4.69, 9.17) is 0 Å². The first-order chi connectivity index (χ1) is 6.09. The SMILES string of the molecule is CC(C)CC(SC(C)C)C1CCC1. The molecule has 0 heterocycles. The molecule has 0 bridgehead atoms. The summed E-state index contributed by atoms with van der Waals surface area (Å²) in [5, 5.41) is 1.76. The first-order valence-electron chi connectivity index (χ1n) is 5.75. The van der Waals surface area contributed by atoms with E-state index in [0.717, 1.165) is 22.3 Å². The van der Waals surface area contributed by atoms with Crippen LogP contribution in [0.25, 0.3) is 0 Å². The first-order valence-corrected chi connectivity index (χ1v) is 6.69. The van der Waals surface area contributed by atoms with Crippen molar-refractivity contribution in [3.8, 4) is 0 Å². The molecule has 0 aromatic rings. The van der Waals surface area contributed by atoms with Crippen LogP contribution in [-0.2, 0) is 0 Å². The summed E-state index contributed by atoms with van der Waals surface area (Å²) < 4.78 is 0. The molecule has 1 aliphatic rings. The molecule has 13 heavy (non-hydrogen) atoms. The second-order valence-electron chi connectivity index (χ2n) is 5.04. The van der Waals surface area contributed by atoms with Crippen molar-refractivity contribution >= 4 is 11.8 Å². The lowest BCUT2D eigenvalue weighted by Crippen LogP contribution is -2.26. The standard InChI is InChI=1S/C12H24S/c1-9(2)8-12(13-10(3)4)11-6-5-7-11/h9-12H,5-8H2,1-4H3. The molecule has 0 N–H and O–H groups in total. The number of hydrogen-bond donors (Lipinski definition) is 0. The molecule has 0 aromatic carbocycles. The van der Waals surface area contributed by atoms with E-state index in [1.807, 2.05) is 0 Å². The Morgan fingerprint density at radius 3 is 2.08 bits per heavy atom. The summed E-state index contributed by atoms with van der Waals surface area (Å²) in [6.45, 7) is 9.37. The summed E-state index contributed by atoms with van der Waals surface area (Å²) in [7, 11) is 0. The Kier molecular flexibility index (Phi) is 4.64. The Morgan fingerprint density at radius 2 is 1.77 bits per heavy atom. The van der Waals surface area contributed by atoms with Gasteiger partial charge in [-0.2, -0.15) is 11.8 Å². The van der Waals surface area contributed by atoms with Crippen molar-refractivity contribution < 1.29 is 0 Å². The van der Waals surface area contributed by atoms with E-state index >= 15 is 0 Å².